The third-order valence-corrected chi connectivity index (χ3v) is 5.66. The molecule has 0 aliphatic carbocycles. The SMILES string of the molecule is CN(C(=O)Cc1cn(C)c2ccccc12)C1CCCN(c2ccccc2)C1=O. The van der Waals surface area contributed by atoms with Gasteiger partial charge in [0, 0.05) is 43.4 Å². The zero-order valence-corrected chi connectivity index (χ0v) is 16.3. The summed E-state index contributed by atoms with van der Waals surface area (Å²) in [5, 5.41) is 1.09. The normalized spacial score (nSPS) is 17.1. The lowest BCUT2D eigenvalue weighted by atomic mass is 10.0. The summed E-state index contributed by atoms with van der Waals surface area (Å²) < 4.78 is 2.04. The summed E-state index contributed by atoms with van der Waals surface area (Å²) in [4.78, 5) is 29.5. The lowest BCUT2D eigenvalue weighted by molar-refractivity contribution is -0.138. The van der Waals surface area contributed by atoms with Crippen molar-refractivity contribution < 1.29 is 9.59 Å². The Morgan fingerprint density at radius 3 is 2.61 bits per heavy atom. The topological polar surface area (TPSA) is 45.6 Å². The van der Waals surface area contributed by atoms with Crippen molar-refractivity contribution >= 4 is 28.4 Å². The molecule has 2 heterocycles. The standard InChI is InChI=1S/C23H25N3O2/c1-24-16-17(19-11-6-7-12-20(19)24)15-22(27)25(2)21-13-8-14-26(23(21)28)18-9-4-3-5-10-18/h3-7,9-12,16,21H,8,13-15H2,1-2H3. The highest BCUT2D eigenvalue weighted by molar-refractivity contribution is 6.00. The van der Waals surface area contributed by atoms with E-state index in [1.165, 1.54) is 0 Å². The Balaban J connectivity index is 1.52. The highest BCUT2D eigenvalue weighted by Crippen LogP contribution is 2.25. The van der Waals surface area contributed by atoms with E-state index in [0.717, 1.165) is 28.6 Å². The Labute approximate surface area is 165 Å². The second-order valence-electron chi connectivity index (χ2n) is 7.45. The Bertz CT molecular complexity index is 1010. The molecule has 1 aromatic heterocycles. The second kappa shape index (κ2) is 7.50. The predicted molar refractivity (Wildman–Crippen MR) is 111 cm³/mol. The van der Waals surface area contributed by atoms with Gasteiger partial charge < -0.3 is 14.4 Å². The first-order chi connectivity index (χ1) is 13.6. The number of benzene rings is 2. The third-order valence-electron chi connectivity index (χ3n) is 5.66. The number of anilines is 1. The zero-order chi connectivity index (χ0) is 19.7. The van der Waals surface area contributed by atoms with E-state index in [1.54, 1.807) is 16.8 Å². The average molecular weight is 375 g/mol. The maximum Gasteiger partial charge on any atom is 0.249 e. The number of hydrogen-bond acceptors (Lipinski definition) is 2. The molecule has 2 aromatic carbocycles. The number of carbonyl (C=O) groups excluding carboxylic acids is 2. The van der Waals surface area contributed by atoms with Crippen LogP contribution in [0.3, 0.4) is 0 Å². The third kappa shape index (κ3) is 3.28. The Kier molecular flexibility index (Phi) is 4.90. The van der Waals surface area contributed by atoms with Crippen molar-refractivity contribution in [3.05, 3.63) is 66.4 Å². The Hall–Kier alpha value is -3.08. The van der Waals surface area contributed by atoms with Crippen LogP contribution in [0.5, 0.6) is 0 Å². The van der Waals surface area contributed by atoms with Gasteiger partial charge in [0.15, 0.2) is 0 Å². The molecular formula is C23H25N3O2. The molecule has 4 rings (SSSR count). The molecule has 1 aliphatic rings. The van der Waals surface area contributed by atoms with Gasteiger partial charge in [-0.05, 0) is 36.6 Å². The summed E-state index contributed by atoms with van der Waals surface area (Å²) in [5.74, 6) is -0.0177. The van der Waals surface area contributed by atoms with Crippen molar-refractivity contribution in [3.8, 4) is 0 Å². The fourth-order valence-corrected chi connectivity index (χ4v) is 4.11. The van der Waals surface area contributed by atoms with Crippen LogP contribution in [-0.4, -0.2) is 40.9 Å². The first-order valence-electron chi connectivity index (χ1n) is 9.71. The van der Waals surface area contributed by atoms with Crippen LogP contribution < -0.4 is 4.90 Å². The molecular weight excluding hydrogens is 350 g/mol. The molecule has 1 fully saturated rings. The van der Waals surface area contributed by atoms with Crippen LogP contribution in [0.1, 0.15) is 18.4 Å². The molecule has 1 aliphatic heterocycles. The van der Waals surface area contributed by atoms with Gasteiger partial charge in [-0.2, -0.15) is 0 Å². The number of likely N-dealkylation sites (N-methyl/N-ethyl adjacent to an activating group) is 1. The quantitative estimate of drug-likeness (QED) is 0.702. The van der Waals surface area contributed by atoms with Crippen LogP contribution >= 0.6 is 0 Å². The number of piperidine rings is 1. The van der Waals surface area contributed by atoms with Gasteiger partial charge in [0.1, 0.15) is 6.04 Å². The van der Waals surface area contributed by atoms with Crippen LogP contribution in [0, 0.1) is 0 Å². The summed E-state index contributed by atoms with van der Waals surface area (Å²) in [6.07, 6.45) is 3.90. The molecule has 0 saturated carbocycles. The van der Waals surface area contributed by atoms with Crippen molar-refractivity contribution in [2.75, 3.05) is 18.5 Å². The summed E-state index contributed by atoms with van der Waals surface area (Å²) in [6, 6.07) is 17.4. The summed E-state index contributed by atoms with van der Waals surface area (Å²) in [5.41, 5.74) is 3.00. The van der Waals surface area contributed by atoms with Crippen LogP contribution in [0.2, 0.25) is 0 Å². The van der Waals surface area contributed by atoms with Crippen LogP contribution in [0.15, 0.2) is 60.8 Å². The lowest BCUT2D eigenvalue weighted by Crippen LogP contribution is -2.53. The zero-order valence-electron chi connectivity index (χ0n) is 16.3. The maximum atomic E-state index is 13.1. The van der Waals surface area contributed by atoms with Crippen LogP contribution in [0.4, 0.5) is 5.69 Å². The van der Waals surface area contributed by atoms with Gasteiger partial charge in [-0.1, -0.05) is 36.4 Å². The molecule has 1 atom stereocenters. The molecule has 2 amide bonds. The van der Waals surface area contributed by atoms with Gasteiger partial charge in [-0.25, -0.2) is 0 Å². The lowest BCUT2D eigenvalue weighted by Gasteiger charge is -2.36. The van der Waals surface area contributed by atoms with E-state index >= 15 is 0 Å². The minimum atomic E-state index is -0.406. The highest BCUT2D eigenvalue weighted by Gasteiger charge is 2.34. The molecule has 1 saturated heterocycles. The van der Waals surface area contributed by atoms with E-state index in [-0.39, 0.29) is 11.8 Å². The maximum absolute atomic E-state index is 13.1. The van der Waals surface area contributed by atoms with E-state index in [2.05, 4.69) is 6.07 Å². The van der Waals surface area contributed by atoms with Crippen molar-refractivity contribution in [1.29, 1.82) is 0 Å². The van der Waals surface area contributed by atoms with Gasteiger partial charge in [-0.15, -0.1) is 0 Å². The number of rotatable bonds is 4. The van der Waals surface area contributed by atoms with E-state index in [9.17, 15) is 9.59 Å². The van der Waals surface area contributed by atoms with Crippen molar-refractivity contribution in [2.24, 2.45) is 7.05 Å². The largest absolute Gasteiger partial charge is 0.350 e. The highest BCUT2D eigenvalue weighted by atomic mass is 16.2. The van der Waals surface area contributed by atoms with Gasteiger partial charge in [-0.3, -0.25) is 9.59 Å². The van der Waals surface area contributed by atoms with Gasteiger partial charge in [0.2, 0.25) is 11.8 Å². The minimum Gasteiger partial charge on any atom is -0.350 e. The number of fused-ring (bicyclic) bond motifs is 1. The molecule has 3 aromatic rings. The van der Waals surface area contributed by atoms with E-state index in [0.29, 0.717) is 19.4 Å². The number of carbonyl (C=O) groups is 2. The predicted octanol–water partition coefficient (Wildman–Crippen LogP) is 3.37. The summed E-state index contributed by atoms with van der Waals surface area (Å²) in [6.45, 7) is 0.699. The molecule has 0 bridgehead atoms. The molecule has 0 spiro atoms. The molecule has 1 unspecified atom stereocenters. The average Bonchev–Trinajstić information content (AvgIpc) is 3.04. The second-order valence-corrected chi connectivity index (χ2v) is 7.45. The number of amides is 2. The molecule has 28 heavy (non-hydrogen) atoms. The number of para-hydroxylation sites is 2. The monoisotopic (exact) mass is 375 g/mol. The fraction of sp³-hybridized carbons (Fsp3) is 0.304. The first kappa shape index (κ1) is 18.3. The van der Waals surface area contributed by atoms with Gasteiger partial charge in [0.05, 0.1) is 6.42 Å². The molecule has 5 nitrogen and oxygen atoms in total. The Morgan fingerprint density at radius 1 is 1.11 bits per heavy atom. The van der Waals surface area contributed by atoms with Gasteiger partial charge in [0.25, 0.3) is 0 Å². The summed E-state index contributed by atoms with van der Waals surface area (Å²) in [7, 11) is 3.74. The smallest absolute Gasteiger partial charge is 0.249 e. The van der Waals surface area contributed by atoms with Crippen LogP contribution in [-0.2, 0) is 23.1 Å². The molecule has 5 heteroatoms. The fourth-order valence-electron chi connectivity index (χ4n) is 4.11. The number of hydrogen-bond donors (Lipinski definition) is 0. The van der Waals surface area contributed by atoms with Crippen LogP contribution in [0.25, 0.3) is 10.9 Å². The number of aromatic nitrogens is 1. The number of nitrogens with zero attached hydrogens (tertiary/aromatic N) is 3. The molecule has 0 N–H and O–H groups in total. The Morgan fingerprint density at radius 2 is 1.82 bits per heavy atom. The van der Waals surface area contributed by atoms with Crippen molar-refractivity contribution in [1.82, 2.24) is 9.47 Å². The van der Waals surface area contributed by atoms with E-state index in [1.807, 2.05) is 66.3 Å². The summed E-state index contributed by atoms with van der Waals surface area (Å²) >= 11 is 0. The van der Waals surface area contributed by atoms with E-state index in [4.69, 9.17) is 0 Å². The number of aryl methyl sites for hydroxylation is 1. The van der Waals surface area contributed by atoms with Gasteiger partial charge >= 0.3 is 0 Å². The van der Waals surface area contributed by atoms with Crippen molar-refractivity contribution in [2.45, 2.75) is 25.3 Å². The van der Waals surface area contributed by atoms with E-state index < -0.39 is 6.04 Å². The molecule has 144 valence electrons. The minimum absolute atomic E-state index is 0.00576. The first-order valence-corrected chi connectivity index (χ1v) is 9.71. The molecule has 0 radical (unpaired) electrons. The van der Waals surface area contributed by atoms with Crippen molar-refractivity contribution in [3.63, 3.8) is 0 Å².